The van der Waals surface area contributed by atoms with E-state index in [2.05, 4.69) is 20.8 Å². The zero-order valence-corrected chi connectivity index (χ0v) is 10.6. The maximum absolute atomic E-state index is 5.99. The van der Waals surface area contributed by atoms with Crippen molar-refractivity contribution in [2.75, 3.05) is 13.2 Å². The van der Waals surface area contributed by atoms with Gasteiger partial charge in [-0.2, -0.15) is 0 Å². The van der Waals surface area contributed by atoms with Gasteiger partial charge < -0.3 is 10.5 Å². The maximum atomic E-state index is 5.99. The van der Waals surface area contributed by atoms with Crippen molar-refractivity contribution < 1.29 is 4.74 Å². The molecular formula is C13H27NO. The third-order valence-electron chi connectivity index (χ3n) is 3.57. The molecule has 0 radical (unpaired) electrons. The van der Waals surface area contributed by atoms with Gasteiger partial charge >= 0.3 is 0 Å². The van der Waals surface area contributed by atoms with Crippen molar-refractivity contribution in [1.29, 1.82) is 0 Å². The normalized spacial score (nSPS) is 28.0. The van der Waals surface area contributed by atoms with Gasteiger partial charge in [0.15, 0.2) is 0 Å². The third-order valence-corrected chi connectivity index (χ3v) is 3.57. The molecule has 1 fully saturated rings. The summed E-state index contributed by atoms with van der Waals surface area (Å²) < 4.78 is 5.99. The number of rotatable bonds is 5. The van der Waals surface area contributed by atoms with E-state index in [-0.39, 0.29) is 5.41 Å². The van der Waals surface area contributed by atoms with Crippen molar-refractivity contribution in [2.45, 2.75) is 59.0 Å². The first-order valence-electron chi connectivity index (χ1n) is 6.39. The second-order valence-corrected chi connectivity index (χ2v) is 5.74. The Morgan fingerprint density at radius 1 is 1.33 bits per heavy atom. The first-order valence-corrected chi connectivity index (χ1v) is 6.39. The SMILES string of the molecule is CCC1CCCC(OCC(C)(C)CN)C1. The predicted octanol–water partition coefficient (Wildman–Crippen LogP) is 2.96. The molecule has 0 aliphatic heterocycles. The minimum Gasteiger partial charge on any atom is -0.378 e. The van der Waals surface area contributed by atoms with Crippen LogP contribution in [0.4, 0.5) is 0 Å². The summed E-state index contributed by atoms with van der Waals surface area (Å²) in [6, 6.07) is 0. The van der Waals surface area contributed by atoms with Crippen molar-refractivity contribution >= 4 is 0 Å². The molecule has 2 N–H and O–H groups in total. The van der Waals surface area contributed by atoms with E-state index >= 15 is 0 Å². The molecule has 1 rings (SSSR count). The molecule has 1 saturated carbocycles. The van der Waals surface area contributed by atoms with E-state index in [1.54, 1.807) is 0 Å². The second kappa shape index (κ2) is 5.86. The molecule has 90 valence electrons. The van der Waals surface area contributed by atoms with Crippen LogP contribution in [0.15, 0.2) is 0 Å². The average molecular weight is 213 g/mol. The van der Waals surface area contributed by atoms with Crippen LogP contribution in [0.25, 0.3) is 0 Å². The van der Waals surface area contributed by atoms with Crippen molar-refractivity contribution in [3.05, 3.63) is 0 Å². The van der Waals surface area contributed by atoms with Crippen LogP contribution in [0.1, 0.15) is 52.9 Å². The molecule has 2 heteroatoms. The molecule has 0 aromatic rings. The van der Waals surface area contributed by atoms with Gasteiger partial charge in [-0.1, -0.05) is 40.0 Å². The van der Waals surface area contributed by atoms with Crippen molar-refractivity contribution in [2.24, 2.45) is 17.1 Å². The zero-order valence-electron chi connectivity index (χ0n) is 10.6. The lowest BCUT2D eigenvalue weighted by atomic mass is 9.85. The number of ether oxygens (including phenoxy) is 1. The molecule has 2 unspecified atom stereocenters. The second-order valence-electron chi connectivity index (χ2n) is 5.74. The Bertz CT molecular complexity index is 179. The Hall–Kier alpha value is -0.0800. The Morgan fingerprint density at radius 3 is 2.67 bits per heavy atom. The van der Waals surface area contributed by atoms with Gasteiger partial charge in [-0.05, 0) is 25.3 Å². The van der Waals surface area contributed by atoms with E-state index in [4.69, 9.17) is 10.5 Å². The van der Waals surface area contributed by atoms with Gasteiger partial charge in [-0.3, -0.25) is 0 Å². The van der Waals surface area contributed by atoms with Crippen LogP contribution in [-0.2, 0) is 4.74 Å². The van der Waals surface area contributed by atoms with Crippen LogP contribution >= 0.6 is 0 Å². The molecule has 0 aromatic heterocycles. The summed E-state index contributed by atoms with van der Waals surface area (Å²) in [6.45, 7) is 8.15. The smallest absolute Gasteiger partial charge is 0.0578 e. The Kier molecular flexibility index (Phi) is 5.07. The number of nitrogens with two attached hydrogens (primary N) is 1. The average Bonchev–Trinajstić information content (AvgIpc) is 2.27. The molecule has 1 aliphatic carbocycles. The van der Waals surface area contributed by atoms with Gasteiger partial charge in [0.2, 0.25) is 0 Å². The first-order chi connectivity index (χ1) is 7.07. The van der Waals surface area contributed by atoms with Gasteiger partial charge in [0.1, 0.15) is 0 Å². The van der Waals surface area contributed by atoms with Gasteiger partial charge in [0, 0.05) is 5.41 Å². The zero-order chi connectivity index (χ0) is 11.3. The van der Waals surface area contributed by atoms with Gasteiger partial charge in [0.25, 0.3) is 0 Å². The van der Waals surface area contributed by atoms with Gasteiger partial charge in [0.05, 0.1) is 12.7 Å². The van der Waals surface area contributed by atoms with Crippen molar-refractivity contribution in [1.82, 2.24) is 0 Å². The summed E-state index contributed by atoms with van der Waals surface area (Å²) in [5.74, 6) is 0.893. The lowest BCUT2D eigenvalue weighted by Crippen LogP contribution is -2.32. The highest BCUT2D eigenvalue weighted by Gasteiger charge is 2.24. The molecule has 1 aliphatic rings. The van der Waals surface area contributed by atoms with E-state index in [0.29, 0.717) is 12.6 Å². The number of hydrogen-bond acceptors (Lipinski definition) is 2. The molecule has 0 bridgehead atoms. The van der Waals surface area contributed by atoms with E-state index < -0.39 is 0 Å². The monoisotopic (exact) mass is 213 g/mol. The molecule has 15 heavy (non-hydrogen) atoms. The van der Waals surface area contributed by atoms with E-state index in [1.165, 1.54) is 32.1 Å². The summed E-state index contributed by atoms with van der Waals surface area (Å²) in [7, 11) is 0. The maximum Gasteiger partial charge on any atom is 0.0578 e. The fourth-order valence-corrected chi connectivity index (χ4v) is 2.17. The lowest BCUT2D eigenvalue weighted by Gasteiger charge is -2.31. The summed E-state index contributed by atoms with van der Waals surface area (Å²) in [4.78, 5) is 0. The molecule has 2 nitrogen and oxygen atoms in total. The fourth-order valence-electron chi connectivity index (χ4n) is 2.17. The topological polar surface area (TPSA) is 35.2 Å². The van der Waals surface area contributed by atoms with Crippen LogP contribution in [0.2, 0.25) is 0 Å². The number of hydrogen-bond donors (Lipinski definition) is 1. The van der Waals surface area contributed by atoms with Crippen molar-refractivity contribution in [3.63, 3.8) is 0 Å². The molecule has 2 atom stereocenters. The molecule has 0 aromatic carbocycles. The standard InChI is InChI=1S/C13H27NO/c1-4-11-6-5-7-12(8-11)15-10-13(2,3)9-14/h11-12H,4-10,14H2,1-3H3. The molecule has 0 saturated heterocycles. The molecule has 0 heterocycles. The first kappa shape index (κ1) is 13.0. The van der Waals surface area contributed by atoms with Crippen LogP contribution in [-0.4, -0.2) is 19.3 Å². The molecule has 0 amide bonds. The van der Waals surface area contributed by atoms with Gasteiger partial charge in [-0.15, -0.1) is 0 Å². The van der Waals surface area contributed by atoms with Crippen LogP contribution in [0.5, 0.6) is 0 Å². The van der Waals surface area contributed by atoms with E-state index in [9.17, 15) is 0 Å². The predicted molar refractivity (Wildman–Crippen MR) is 64.8 cm³/mol. The van der Waals surface area contributed by atoms with Gasteiger partial charge in [-0.25, -0.2) is 0 Å². The minimum absolute atomic E-state index is 0.138. The highest BCUT2D eigenvalue weighted by atomic mass is 16.5. The van der Waals surface area contributed by atoms with Crippen molar-refractivity contribution in [3.8, 4) is 0 Å². The van der Waals surface area contributed by atoms with Crippen LogP contribution in [0.3, 0.4) is 0 Å². The summed E-state index contributed by atoms with van der Waals surface area (Å²) in [5, 5.41) is 0. The quantitative estimate of drug-likeness (QED) is 0.762. The molecular weight excluding hydrogens is 186 g/mol. The molecule has 0 spiro atoms. The Balaban J connectivity index is 2.26. The fraction of sp³-hybridized carbons (Fsp3) is 1.00. The highest BCUT2D eigenvalue weighted by molar-refractivity contribution is 4.75. The van der Waals surface area contributed by atoms with Crippen LogP contribution < -0.4 is 5.73 Å². The Morgan fingerprint density at radius 2 is 2.07 bits per heavy atom. The largest absolute Gasteiger partial charge is 0.378 e. The third kappa shape index (κ3) is 4.52. The summed E-state index contributed by atoms with van der Waals surface area (Å²) in [5.41, 5.74) is 5.83. The van der Waals surface area contributed by atoms with Crippen LogP contribution in [0, 0.1) is 11.3 Å². The lowest BCUT2D eigenvalue weighted by molar-refractivity contribution is -0.0236. The summed E-state index contributed by atoms with van der Waals surface area (Å²) in [6.07, 6.45) is 7.05. The Labute approximate surface area is 94.6 Å². The van der Waals surface area contributed by atoms with E-state index in [0.717, 1.165) is 12.5 Å². The van der Waals surface area contributed by atoms with E-state index in [1.807, 2.05) is 0 Å². The summed E-state index contributed by atoms with van der Waals surface area (Å²) >= 11 is 0. The highest BCUT2D eigenvalue weighted by Crippen LogP contribution is 2.29. The minimum atomic E-state index is 0.138.